The highest BCUT2D eigenvalue weighted by Crippen LogP contribution is 2.22. The molecule has 0 saturated carbocycles. The Hall–Kier alpha value is -1.69. The van der Waals surface area contributed by atoms with E-state index in [1.54, 1.807) is 10.9 Å². The fourth-order valence-corrected chi connectivity index (χ4v) is 2.11. The van der Waals surface area contributed by atoms with Crippen LogP contribution in [0, 0.1) is 0 Å². The van der Waals surface area contributed by atoms with Gasteiger partial charge in [-0.3, -0.25) is 4.68 Å². The standard InChI is InChI=1S/C11H15N5O/c1-16-10-9(6-15-16)11(14-7-13-10)17-8-3-2-4-12-5-8/h6-8,12H,2-5H2,1H3. The van der Waals surface area contributed by atoms with Crippen molar-refractivity contribution in [2.24, 2.45) is 7.05 Å². The van der Waals surface area contributed by atoms with Gasteiger partial charge in [-0.05, 0) is 19.4 Å². The van der Waals surface area contributed by atoms with Crippen LogP contribution in [0.15, 0.2) is 12.5 Å². The number of ether oxygens (including phenoxy) is 1. The third kappa shape index (κ3) is 1.95. The Morgan fingerprint density at radius 2 is 2.41 bits per heavy atom. The molecule has 0 aromatic carbocycles. The third-order valence-corrected chi connectivity index (χ3v) is 3.02. The molecule has 1 atom stereocenters. The van der Waals surface area contributed by atoms with E-state index >= 15 is 0 Å². The van der Waals surface area contributed by atoms with Crippen molar-refractivity contribution >= 4 is 11.0 Å². The molecular weight excluding hydrogens is 218 g/mol. The molecule has 0 bridgehead atoms. The molecule has 0 amide bonds. The van der Waals surface area contributed by atoms with Crippen LogP contribution in [-0.4, -0.2) is 38.9 Å². The molecule has 1 fully saturated rings. The molecule has 90 valence electrons. The van der Waals surface area contributed by atoms with Crippen LogP contribution in [0.2, 0.25) is 0 Å². The van der Waals surface area contributed by atoms with Gasteiger partial charge in [0.05, 0.1) is 6.20 Å². The molecule has 3 rings (SSSR count). The zero-order valence-electron chi connectivity index (χ0n) is 9.76. The zero-order valence-corrected chi connectivity index (χ0v) is 9.76. The van der Waals surface area contributed by atoms with Gasteiger partial charge in [-0.15, -0.1) is 0 Å². The first-order chi connectivity index (χ1) is 8.34. The molecule has 1 aliphatic heterocycles. The summed E-state index contributed by atoms with van der Waals surface area (Å²) in [4.78, 5) is 8.39. The highest BCUT2D eigenvalue weighted by molar-refractivity contribution is 5.79. The molecule has 17 heavy (non-hydrogen) atoms. The fourth-order valence-electron chi connectivity index (χ4n) is 2.11. The number of aryl methyl sites for hydroxylation is 1. The summed E-state index contributed by atoms with van der Waals surface area (Å²) in [6, 6.07) is 0. The van der Waals surface area contributed by atoms with Gasteiger partial charge in [0, 0.05) is 13.6 Å². The Kier molecular flexibility index (Phi) is 2.64. The SMILES string of the molecule is Cn1ncc2c(OC3CCCNC3)ncnc21. The van der Waals surface area contributed by atoms with E-state index in [9.17, 15) is 0 Å². The van der Waals surface area contributed by atoms with Gasteiger partial charge in [-0.25, -0.2) is 9.97 Å². The lowest BCUT2D eigenvalue weighted by Gasteiger charge is -2.23. The normalized spacial score (nSPS) is 20.6. The fraction of sp³-hybridized carbons (Fsp3) is 0.545. The quantitative estimate of drug-likeness (QED) is 0.818. The number of fused-ring (bicyclic) bond motifs is 1. The zero-order chi connectivity index (χ0) is 11.7. The molecule has 2 aromatic rings. The minimum Gasteiger partial charge on any atom is -0.472 e. The van der Waals surface area contributed by atoms with Crippen molar-refractivity contribution < 1.29 is 4.74 Å². The maximum absolute atomic E-state index is 5.91. The Balaban J connectivity index is 1.89. The van der Waals surface area contributed by atoms with Crippen LogP contribution in [-0.2, 0) is 7.05 Å². The second-order valence-electron chi connectivity index (χ2n) is 4.27. The summed E-state index contributed by atoms with van der Waals surface area (Å²) >= 11 is 0. The van der Waals surface area contributed by atoms with E-state index in [2.05, 4.69) is 20.4 Å². The summed E-state index contributed by atoms with van der Waals surface area (Å²) in [5.74, 6) is 0.636. The first-order valence-corrected chi connectivity index (χ1v) is 5.84. The Labute approximate surface area is 99.0 Å². The van der Waals surface area contributed by atoms with Crippen LogP contribution in [0.5, 0.6) is 5.88 Å². The van der Waals surface area contributed by atoms with Crippen molar-refractivity contribution in [3.05, 3.63) is 12.5 Å². The number of hydrogen-bond donors (Lipinski definition) is 1. The van der Waals surface area contributed by atoms with Crippen molar-refractivity contribution in [3.8, 4) is 5.88 Å². The van der Waals surface area contributed by atoms with E-state index in [-0.39, 0.29) is 6.10 Å². The van der Waals surface area contributed by atoms with Gasteiger partial charge in [0.1, 0.15) is 17.8 Å². The predicted molar refractivity (Wildman–Crippen MR) is 62.8 cm³/mol. The monoisotopic (exact) mass is 233 g/mol. The molecule has 0 aliphatic carbocycles. The minimum absolute atomic E-state index is 0.196. The lowest BCUT2D eigenvalue weighted by molar-refractivity contribution is 0.162. The van der Waals surface area contributed by atoms with Crippen LogP contribution in [0.1, 0.15) is 12.8 Å². The first-order valence-electron chi connectivity index (χ1n) is 5.84. The molecule has 1 aliphatic rings. The molecule has 0 spiro atoms. The van der Waals surface area contributed by atoms with Crippen molar-refractivity contribution in [1.29, 1.82) is 0 Å². The summed E-state index contributed by atoms with van der Waals surface area (Å²) < 4.78 is 7.64. The molecule has 1 saturated heterocycles. The van der Waals surface area contributed by atoms with Gasteiger partial charge in [0.25, 0.3) is 0 Å². The average Bonchev–Trinajstić information content (AvgIpc) is 2.74. The Morgan fingerprint density at radius 1 is 1.47 bits per heavy atom. The van der Waals surface area contributed by atoms with Gasteiger partial charge in [-0.2, -0.15) is 5.10 Å². The summed E-state index contributed by atoms with van der Waals surface area (Å²) in [5.41, 5.74) is 0.804. The highest BCUT2D eigenvalue weighted by atomic mass is 16.5. The smallest absolute Gasteiger partial charge is 0.228 e. The second kappa shape index (κ2) is 4.29. The topological polar surface area (TPSA) is 64.9 Å². The predicted octanol–water partition coefficient (Wildman–Crippen LogP) is 0.494. The van der Waals surface area contributed by atoms with Gasteiger partial charge >= 0.3 is 0 Å². The largest absolute Gasteiger partial charge is 0.472 e. The summed E-state index contributed by atoms with van der Waals surface area (Å²) in [6.07, 6.45) is 5.68. The average molecular weight is 233 g/mol. The van der Waals surface area contributed by atoms with Crippen LogP contribution in [0.25, 0.3) is 11.0 Å². The van der Waals surface area contributed by atoms with Crippen molar-refractivity contribution in [2.45, 2.75) is 18.9 Å². The molecule has 3 heterocycles. The molecule has 1 unspecified atom stereocenters. The molecule has 1 N–H and O–H groups in total. The van der Waals surface area contributed by atoms with Gasteiger partial charge in [0.15, 0.2) is 5.65 Å². The number of rotatable bonds is 2. The number of hydrogen-bond acceptors (Lipinski definition) is 5. The number of nitrogens with one attached hydrogen (secondary N) is 1. The van der Waals surface area contributed by atoms with E-state index in [1.165, 1.54) is 6.33 Å². The Morgan fingerprint density at radius 3 is 3.24 bits per heavy atom. The molecule has 0 radical (unpaired) electrons. The van der Waals surface area contributed by atoms with Gasteiger partial charge in [0.2, 0.25) is 5.88 Å². The minimum atomic E-state index is 0.196. The number of piperidine rings is 1. The van der Waals surface area contributed by atoms with Crippen molar-refractivity contribution in [2.75, 3.05) is 13.1 Å². The second-order valence-corrected chi connectivity index (χ2v) is 4.27. The van der Waals surface area contributed by atoms with Crippen LogP contribution < -0.4 is 10.1 Å². The van der Waals surface area contributed by atoms with Crippen LogP contribution in [0.4, 0.5) is 0 Å². The molecule has 6 nitrogen and oxygen atoms in total. The summed E-state index contributed by atoms with van der Waals surface area (Å²) in [7, 11) is 1.86. The highest BCUT2D eigenvalue weighted by Gasteiger charge is 2.17. The van der Waals surface area contributed by atoms with Crippen LogP contribution in [0.3, 0.4) is 0 Å². The van der Waals surface area contributed by atoms with Crippen molar-refractivity contribution in [1.82, 2.24) is 25.1 Å². The molecule has 2 aromatic heterocycles. The van der Waals surface area contributed by atoms with Gasteiger partial charge < -0.3 is 10.1 Å². The van der Waals surface area contributed by atoms with E-state index in [1.807, 2.05) is 7.05 Å². The van der Waals surface area contributed by atoms with Gasteiger partial charge in [-0.1, -0.05) is 0 Å². The number of nitrogens with zero attached hydrogens (tertiary/aromatic N) is 4. The lowest BCUT2D eigenvalue weighted by Crippen LogP contribution is -2.37. The maximum Gasteiger partial charge on any atom is 0.228 e. The van der Waals surface area contributed by atoms with Crippen LogP contribution >= 0.6 is 0 Å². The summed E-state index contributed by atoms with van der Waals surface area (Å²) in [6.45, 7) is 1.96. The third-order valence-electron chi connectivity index (χ3n) is 3.02. The number of aromatic nitrogens is 4. The summed E-state index contributed by atoms with van der Waals surface area (Å²) in [5, 5.41) is 8.36. The van der Waals surface area contributed by atoms with E-state index in [4.69, 9.17) is 4.74 Å². The molecular formula is C11H15N5O. The van der Waals surface area contributed by atoms with Crippen molar-refractivity contribution in [3.63, 3.8) is 0 Å². The maximum atomic E-state index is 5.91. The lowest BCUT2D eigenvalue weighted by atomic mass is 10.1. The van der Waals surface area contributed by atoms with E-state index < -0.39 is 0 Å². The first kappa shape index (κ1) is 10.5. The van der Waals surface area contributed by atoms with E-state index in [0.29, 0.717) is 5.88 Å². The molecule has 6 heteroatoms. The Bertz CT molecular complexity index is 518. The van der Waals surface area contributed by atoms with E-state index in [0.717, 1.165) is 37.0 Å².